The summed E-state index contributed by atoms with van der Waals surface area (Å²) in [5.41, 5.74) is 2.42. The van der Waals surface area contributed by atoms with Crippen LogP contribution in [0.5, 0.6) is 11.5 Å². The zero-order chi connectivity index (χ0) is 18.0. The highest BCUT2D eigenvalue weighted by atomic mass is 16.5. The average Bonchev–Trinajstić information content (AvgIpc) is 3.21. The van der Waals surface area contributed by atoms with Crippen LogP contribution in [0.25, 0.3) is 0 Å². The summed E-state index contributed by atoms with van der Waals surface area (Å²) in [4.78, 5) is 14.7. The maximum absolute atomic E-state index is 12.9. The number of anilines is 1. The van der Waals surface area contributed by atoms with E-state index in [1.165, 1.54) is 0 Å². The summed E-state index contributed by atoms with van der Waals surface area (Å²) in [6.45, 7) is 4.48. The van der Waals surface area contributed by atoms with Gasteiger partial charge in [-0.3, -0.25) is 0 Å². The number of hydrogen-bond acceptors (Lipinski definition) is 5. The number of aryl methyl sites for hydroxylation is 2. The second-order valence-corrected chi connectivity index (χ2v) is 6.09. The third-order valence-electron chi connectivity index (χ3n) is 4.58. The molecule has 2 aromatic rings. The van der Waals surface area contributed by atoms with E-state index in [0.717, 1.165) is 29.9 Å². The van der Waals surface area contributed by atoms with E-state index < -0.39 is 0 Å². The number of carbonyl (C=O) groups excluding carboxylic acids is 1. The summed E-state index contributed by atoms with van der Waals surface area (Å²) in [6.07, 6.45) is 1.84. The van der Waals surface area contributed by atoms with Gasteiger partial charge < -0.3 is 24.2 Å². The van der Waals surface area contributed by atoms with Gasteiger partial charge in [0.15, 0.2) is 0 Å². The van der Waals surface area contributed by atoms with Crippen LogP contribution >= 0.6 is 0 Å². The van der Waals surface area contributed by atoms with Crippen molar-refractivity contribution in [3.8, 4) is 11.5 Å². The molecular weight excluding hydrogens is 322 g/mol. The Balaban J connectivity index is 1.83. The molecule has 0 bridgehead atoms. The maximum Gasteiger partial charge on any atom is 0.322 e. The number of methoxy groups -OCH3 is 2. The van der Waals surface area contributed by atoms with Crippen LogP contribution in [0.15, 0.2) is 22.7 Å². The van der Waals surface area contributed by atoms with E-state index in [1.54, 1.807) is 32.4 Å². The van der Waals surface area contributed by atoms with Crippen LogP contribution in [0.3, 0.4) is 0 Å². The monoisotopic (exact) mass is 345 g/mol. The van der Waals surface area contributed by atoms with Crippen LogP contribution in [-0.2, 0) is 0 Å². The molecule has 1 aliphatic heterocycles. The molecule has 2 amide bonds. The molecule has 2 heterocycles. The zero-order valence-electron chi connectivity index (χ0n) is 15.0. The fraction of sp³-hybridized carbons (Fsp3) is 0.444. The van der Waals surface area contributed by atoms with E-state index in [0.29, 0.717) is 23.7 Å². The smallest absolute Gasteiger partial charge is 0.322 e. The number of aromatic nitrogens is 1. The van der Waals surface area contributed by atoms with Crippen molar-refractivity contribution < 1.29 is 18.8 Å². The minimum atomic E-state index is -0.172. The van der Waals surface area contributed by atoms with Gasteiger partial charge in [-0.25, -0.2) is 4.79 Å². The van der Waals surface area contributed by atoms with Crippen LogP contribution in [-0.4, -0.2) is 36.9 Å². The highest BCUT2D eigenvalue weighted by molar-refractivity contribution is 5.91. The predicted octanol–water partition coefficient (Wildman–Crippen LogP) is 3.68. The van der Waals surface area contributed by atoms with Crippen LogP contribution in [0, 0.1) is 13.8 Å². The SMILES string of the molecule is COc1ccc(OC)c(NC(=O)N2CCC[C@H]2c2c(C)noc2C)c1. The number of nitrogens with zero attached hydrogens (tertiary/aromatic N) is 2. The molecule has 1 atom stereocenters. The minimum Gasteiger partial charge on any atom is -0.497 e. The van der Waals surface area contributed by atoms with Gasteiger partial charge in [-0.1, -0.05) is 5.16 Å². The van der Waals surface area contributed by atoms with Crippen molar-refractivity contribution in [2.45, 2.75) is 32.7 Å². The summed E-state index contributed by atoms with van der Waals surface area (Å²) in [5, 5.41) is 6.96. The van der Waals surface area contributed by atoms with Crippen molar-refractivity contribution >= 4 is 11.7 Å². The van der Waals surface area contributed by atoms with Crippen molar-refractivity contribution in [3.05, 3.63) is 35.2 Å². The quantitative estimate of drug-likeness (QED) is 0.915. The first kappa shape index (κ1) is 17.1. The highest BCUT2D eigenvalue weighted by Gasteiger charge is 2.34. The number of carbonyl (C=O) groups is 1. The van der Waals surface area contributed by atoms with E-state index >= 15 is 0 Å². The third-order valence-corrected chi connectivity index (χ3v) is 4.58. The number of hydrogen-bond donors (Lipinski definition) is 1. The van der Waals surface area contributed by atoms with E-state index in [-0.39, 0.29) is 12.1 Å². The molecule has 1 aliphatic rings. The second kappa shape index (κ2) is 7.04. The van der Waals surface area contributed by atoms with Crippen molar-refractivity contribution in [1.29, 1.82) is 0 Å². The molecule has 1 aromatic carbocycles. The molecule has 1 fully saturated rings. The van der Waals surface area contributed by atoms with Gasteiger partial charge in [-0.15, -0.1) is 0 Å². The van der Waals surface area contributed by atoms with Gasteiger partial charge in [-0.05, 0) is 38.8 Å². The van der Waals surface area contributed by atoms with Crippen molar-refractivity contribution in [2.24, 2.45) is 0 Å². The molecule has 0 aliphatic carbocycles. The Hall–Kier alpha value is -2.70. The van der Waals surface area contributed by atoms with E-state index in [2.05, 4.69) is 10.5 Å². The Morgan fingerprint density at radius 1 is 1.32 bits per heavy atom. The summed E-state index contributed by atoms with van der Waals surface area (Å²) in [6, 6.07) is 5.11. The Bertz CT molecular complexity index is 752. The lowest BCUT2D eigenvalue weighted by Gasteiger charge is -2.25. The molecule has 1 N–H and O–H groups in total. The second-order valence-electron chi connectivity index (χ2n) is 6.09. The Morgan fingerprint density at radius 3 is 2.76 bits per heavy atom. The number of rotatable bonds is 4. The lowest BCUT2D eigenvalue weighted by molar-refractivity contribution is 0.206. The number of ether oxygens (including phenoxy) is 2. The van der Waals surface area contributed by atoms with E-state index in [4.69, 9.17) is 14.0 Å². The first-order chi connectivity index (χ1) is 12.0. The molecule has 25 heavy (non-hydrogen) atoms. The lowest BCUT2D eigenvalue weighted by atomic mass is 10.0. The molecule has 7 heteroatoms. The lowest BCUT2D eigenvalue weighted by Crippen LogP contribution is -2.34. The molecule has 134 valence electrons. The highest BCUT2D eigenvalue weighted by Crippen LogP contribution is 2.36. The van der Waals surface area contributed by atoms with Crippen LogP contribution in [0.4, 0.5) is 10.5 Å². The number of benzene rings is 1. The number of urea groups is 1. The van der Waals surface area contributed by atoms with Gasteiger partial charge in [0.1, 0.15) is 17.3 Å². The molecular formula is C18H23N3O4. The largest absolute Gasteiger partial charge is 0.497 e. The fourth-order valence-electron chi connectivity index (χ4n) is 3.37. The molecule has 0 radical (unpaired) electrons. The van der Waals surface area contributed by atoms with Crippen molar-refractivity contribution in [3.63, 3.8) is 0 Å². The number of amides is 2. The van der Waals surface area contributed by atoms with Crippen molar-refractivity contribution in [1.82, 2.24) is 10.1 Å². The predicted molar refractivity (Wildman–Crippen MR) is 93.2 cm³/mol. The maximum atomic E-state index is 12.9. The Labute approximate surface area is 146 Å². The number of nitrogens with one attached hydrogen (secondary N) is 1. The molecule has 0 saturated carbocycles. The average molecular weight is 345 g/mol. The molecule has 1 saturated heterocycles. The topological polar surface area (TPSA) is 76.8 Å². The van der Waals surface area contributed by atoms with Gasteiger partial charge in [0, 0.05) is 18.2 Å². The van der Waals surface area contributed by atoms with Gasteiger partial charge in [0.25, 0.3) is 0 Å². The number of likely N-dealkylation sites (tertiary alicyclic amines) is 1. The van der Waals surface area contributed by atoms with Crippen LogP contribution in [0.2, 0.25) is 0 Å². The molecule has 1 aromatic heterocycles. The van der Waals surface area contributed by atoms with Crippen LogP contribution < -0.4 is 14.8 Å². The summed E-state index contributed by atoms with van der Waals surface area (Å²) < 4.78 is 15.8. The van der Waals surface area contributed by atoms with E-state index in [1.807, 2.05) is 18.7 Å². The zero-order valence-corrected chi connectivity index (χ0v) is 15.0. The minimum absolute atomic E-state index is 0.0251. The van der Waals surface area contributed by atoms with Crippen molar-refractivity contribution in [2.75, 3.05) is 26.1 Å². The Morgan fingerprint density at radius 2 is 2.12 bits per heavy atom. The Kier molecular flexibility index (Phi) is 4.83. The van der Waals surface area contributed by atoms with Crippen LogP contribution in [0.1, 0.15) is 35.9 Å². The van der Waals surface area contributed by atoms with E-state index in [9.17, 15) is 4.79 Å². The summed E-state index contributed by atoms with van der Waals surface area (Å²) in [7, 11) is 3.15. The van der Waals surface area contributed by atoms with Gasteiger partial charge in [0.2, 0.25) is 0 Å². The standard InChI is InChI=1S/C18H23N3O4/c1-11-17(12(2)25-20-11)15-6-5-9-21(15)18(22)19-14-10-13(23-3)7-8-16(14)24-4/h7-8,10,15H,5-6,9H2,1-4H3,(H,19,22)/t15-/m0/s1. The van der Waals surface area contributed by atoms with Gasteiger partial charge in [0.05, 0.1) is 31.6 Å². The molecule has 3 rings (SSSR count). The molecule has 0 unspecified atom stereocenters. The fourth-order valence-corrected chi connectivity index (χ4v) is 3.37. The normalized spacial score (nSPS) is 16.8. The van der Waals surface area contributed by atoms with Gasteiger partial charge in [-0.2, -0.15) is 0 Å². The summed E-state index contributed by atoms with van der Waals surface area (Å²) >= 11 is 0. The molecule has 0 spiro atoms. The van der Waals surface area contributed by atoms with Gasteiger partial charge >= 0.3 is 6.03 Å². The first-order valence-corrected chi connectivity index (χ1v) is 8.27. The first-order valence-electron chi connectivity index (χ1n) is 8.27. The molecule has 7 nitrogen and oxygen atoms in total. The third kappa shape index (κ3) is 3.26. The summed E-state index contributed by atoms with van der Waals surface area (Å²) in [5.74, 6) is 2.00.